The molecule has 3 aromatic heterocycles. The fourth-order valence-electron chi connectivity index (χ4n) is 6.17. The van der Waals surface area contributed by atoms with Crippen LogP contribution in [0, 0.1) is 17.8 Å². The van der Waals surface area contributed by atoms with Crippen molar-refractivity contribution in [1.82, 2.24) is 34.9 Å². The molecule has 6 rings (SSSR count). The number of halogens is 3. The second-order valence-corrected chi connectivity index (χ2v) is 18.8. The van der Waals surface area contributed by atoms with E-state index in [4.69, 9.17) is 4.74 Å². The number of hydrogen-bond acceptors (Lipinski definition) is 11. The van der Waals surface area contributed by atoms with Gasteiger partial charge in [0.15, 0.2) is 16.5 Å². The van der Waals surface area contributed by atoms with Crippen LogP contribution >= 0.6 is 22.7 Å². The van der Waals surface area contributed by atoms with Gasteiger partial charge in [-0.15, -0.1) is 22.7 Å². The standard InChI is InChI=1S/C33H41F3N6O3S2.C5H9NO2S.C2H6/c1-19(2)26-16-46-31(39-26)25-15-28(41-29(37-25)32-40-27(17-47-32)33(34,35)36)45-22-11-10-20(3)23(14-22)30(44)38-24-13-21(24)9-7-5-6-8-12-42(4)18-43;1-5(2-3-5)9(8)6-4-7;1-2/h7,9,15-24H,5-6,8,10-14H2,1-4H3,(H,38,44);4H,2-3H2,1H3,(H,6,7);1-2H3/b9-7-;;/t20-,21-,22+,23?,24?;;/m1../s1. The van der Waals surface area contributed by atoms with Gasteiger partial charge in [-0.3, -0.25) is 19.1 Å². The zero-order valence-corrected chi connectivity index (χ0v) is 36.7. The summed E-state index contributed by atoms with van der Waals surface area (Å²) in [6, 6.07) is 1.80. The van der Waals surface area contributed by atoms with Gasteiger partial charge < -0.3 is 15.0 Å². The summed E-state index contributed by atoms with van der Waals surface area (Å²) in [6.45, 7) is 12.8. The molecule has 6 atom stereocenters. The normalized spacial score (nSPS) is 22.4. The van der Waals surface area contributed by atoms with Gasteiger partial charge in [-0.2, -0.15) is 18.2 Å². The first-order valence-corrected chi connectivity index (χ1v) is 22.8. The van der Waals surface area contributed by atoms with Crippen LogP contribution in [0.25, 0.3) is 21.5 Å². The van der Waals surface area contributed by atoms with E-state index >= 15 is 0 Å². The summed E-state index contributed by atoms with van der Waals surface area (Å²) in [7, 11) is 0.632. The number of aromatic nitrogens is 4. The molecule has 2 N–H and O–H groups in total. The summed E-state index contributed by atoms with van der Waals surface area (Å²) in [4.78, 5) is 52.9. The van der Waals surface area contributed by atoms with Crippen molar-refractivity contribution in [2.24, 2.45) is 17.8 Å². The Morgan fingerprint density at radius 2 is 1.79 bits per heavy atom. The Labute approximate surface area is 349 Å². The first-order valence-electron chi connectivity index (χ1n) is 19.9. The van der Waals surface area contributed by atoms with Crippen LogP contribution in [0.2, 0.25) is 0 Å². The van der Waals surface area contributed by atoms with E-state index in [0.29, 0.717) is 29.5 Å². The molecular weight excluding hydrogens is 812 g/mol. The molecule has 58 heavy (non-hydrogen) atoms. The number of hydrogen-bond donors (Lipinski definition) is 2. The van der Waals surface area contributed by atoms with Gasteiger partial charge in [0.05, 0.1) is 10.4 Å². The lowest BCUT2D eigenvalue weighted by molar-refractivity contribution is -0.140. The molecule has 3 amide bonds. The molecule has 3 aliphatic rings. The second-order valence-electron chi connectivity index (χ2n) is 15.3. The molecule has 320 valence electrons. The van der Waals surface area contributed by atoms with Crippen LogP contribution in [-0.2, 0) is 31.5 Å². The Morgan fingerprint density at radius 1 is 1.07 bits per heavy atom. The number of carbonyl (C=O) groups excluding carboxylic acids is 3. The summed E-state index contributed by atoms with van der Waals surface area (Å²) in [5.74, 6) is 0.787. The average molecular weight is 868 g/mol. The maximum atomic E-state index is 13.4. The molecule has 3 aromatic rings. The van der Waals surface area contributed by atoms with E-state index in [9.17, 15) is 31.8 Å². The molecule has 3 heterocycles. The maximum absolute atomic E-state index is 13.4. The molecule has 12 nitrogen and oxygen atoms in total. The first kappa shape index (κ1) is 46.9. The molecular formula is C40H56F3N7O5S3. The topological polar surface area (TPSA) is 156 Å². The van der Waals surface area contributed by atoms with Gasteiger partial charge in [0.1, 0.15) is 27.8 Å². The Balaban J connectivity index is 0.000000590. The van der Waals surface area contributed by atoms with E-state index in [1.54, 1.807) is 18.0 Å². The number of nitrogens with zero attached hydrogens (tertiary/aromatic N) is 5. The first-order chi connectivity index (χ1) is 27.6. The lowest BCUT2D eigenvalue weighted by atomic mass is 9.78. The highest BCUT2D eigenvalue weighted by Crippen LogP contribution is 2.40. The number of amides is 3. The predicted octanol–water partition coefficient (Wildman–Crippen LogP) is 8.34. The van der Waals surface area contributed by atoms with E-state index in [0.717, 1.165) is 86.7 Å². The summed E-state index contributed by atoms with van der Waals surface area (Å²) in [6.07, 6.45) is 8.59. The average Bonchev–Trinajstić information content (AvgIpc) is 3.95. The predicted molar refractivity (Wildman–Crippen MR) is 222 cm³/mol. The number of rotatable bonds is 17. The molecule has 18 heteroatoms. The highest BCUT2D eigenvalue weighted by Gasteiger charge is 2.44. The zero-order chi connectivity index (χ0) is 42.6. The van der Waals surface area contributed by atoms with Gasteiger partial charge in [0.2, 0.25) is 24.6 Å². The number of thiazole rings is 2. The summed E-state index contributed by atoms with van der Waals surface area (Å²) in [5.41, 5.74) is 0.349. The smallest absolute Gasteiger partial charge is 0.434 e. The van der Waals surface area contributed by atoms with Crippen LogP contribution in [0.4, 0.5) is 13.2 Å². The van der Waals surface area contributed by atoms with Gasteiger partial charge >= 0.3 is 6.18 Å². The Kier molecular flexibility index (Phi) is 17.4. The molecule has 0 bridgehead atoms. The van der Waals surface area contributed by atoms with Gasteiger partial charge in [0.25, 0.3) is 0 Å². The monoisotopic (exact) mass is 867 g/mol. The van der Waals surface area contributed by atoms with Crippen molar-refractivity contribution in [2.75, 3.05) is 13.6 Å². The molecule has 0 aliphatic heterocycles. The second kappa shape index (κ2) is 21.5. The maximum Gasteiger partial charge on any atom is 0.434 e. The number of alkyl halides is 3. The number of ether oxygens (including phenoxy) is 1. The SMILES string of the molecule is CC.CC(C)c1csc(-c2cc(O[C@H]3CC[C@@H](C)C(C(=O)NC4C[C@H]4/C=C\CCCCN(C)C=O)C3)nc(-c3nc(C(F)(F)F)cs3)n2)n1.CC1(S(=O)NC=O)CC1. The highest BCUT2D eigenvalue weighted by molar-refractivity contribution is 7.85. The van der Waals surface area contributed by atoms with E-state index in [-0.39, 0.29) is 57.3 Å². The third-order valence-corrected chi connectivity index (χ3v) is 13.5. The van der Waals surface area contributed by atoms with E-state index in [1.807, 2.05) is 40.0 Å². The third-order valence-electron chi connectivity index (χ3n) is 10.2. The summed E-state index contributed by atoms with van der Waals surface area (Å²) >= 11 is 2.23. The van der Waals surface area contributed by atoms with Crippen molar-refractivity contribution in [1.29, 1.82) is 0 Å². The molecule has 3 fully saturated rings. The third kappa shape index (κ3) is 13.6. The Bertz CT molecular complexity index is 1870. The van der Waals surface area contributed by atoms with Gasteiger partial charge in [-0.25, -0.2) is 19.2 Å². The van der Waals surface area contributed by atoms with Gasteiger partial charge in [-0.1, -0.05) is 46.8 Å². The molecule has 0 saturated heterocycles. The largest absolute Gasteiger partial charge is 0.474 e. The van der Waals surface area contributed by atoms with E-state index in [2.05, 4.69) is 49.1 Å². The molecule has 0 spiro atoms. The lowest BCUT2D eigenvalue weighted by Crippen LogP contribution is -2.41. The van der Waals surface area contributed by atoms with E-state index < -0.39 is 22.9 Å². The van der Waals surface area contributed by atoms with Crippen LogP contribution < -0.4 is 14.8 Å². The van der Waals surface area contributed by atoms with Crippen molar-refractivity contribution in [3.05, 3.63) is 40.4 Å². The fraction of sp³-hybridized carbons (Fsp3) is 0.625. The number of unbranched alkanes of at least 4 members (excludes halogenated alkanes) is 2. The molecule has 0 aromatic carbocycles. The summed E-state index contributed by atoms with van der Waals surface area (Å²) in [5, 5.41) is 6.78. The lowest BCUT2D eigenvalue weighted by Gasteiger charge is -2.33. The van der Waals surface area contributed by atoms with Crippen LogP contribution in [-0.4, -0.2) is 78.3 Å². The molecule has 3 aliphatic carbocycles. The van der Waals surface area contributed by atoms with Crippen LogP contribution in [0.5, 0.6) is 5.88 Å². The van der Waals surface area contributed by atoms with Crippen LogP contribution in [0.15, 0.2) is 29.0 Å². The minimum Gasteiger partial charge on any atom is -0.474 e. The van der Waals surface area contributed by atoms with E-state index in [1.165, 1.54) is 11.3 Å². The van der Waals surface area contributed by atoms with Crippen LogP contribution in [0.1, 0.15) is 117 Å². The van der Waals surface area contributed by atoms with Crippen molar-refractivity contribution in [2.45, 2.75) is 128 Å². The minimum atomic E-state index is -4.58. The Morgan fingerprint density at radius 3 is 2.41 bits per heavy atom. The van der Waals surface area contributed by atoms with Crippen molar-refractivity contribution in [3.8, 4) is 27.4 Å². The van der Waals surface area contributed by atoms with Crippen LogP contribution in [0.3, 0.4) is 0 Å². The van der Waals surface area contributed by atoms with Gasteiger partial charge in [-0.05, 0) is 82.5 Å². The number of allylic oxidation sites excluding steroid dienone is 1. The molecule has 0 radical (unpaired) electrons. The number of nitrogens with one attached hydrogen (secondary N) is 2. The van der Waals surface area contributed by atoms with Gasteiger partial charge in [0, 0.05) is 42.4 Å². The summed E-state index contributed by atoms with van der Waals surface area (Å²) < 4.78 is 59.3. The molecule has 3 unspecified atom stereocenters. The zero-order valence-electron chi connectivity index (χ0n) is 34.2. The fourth-order valence-corrected chi connectivity index (χ4v) is 8.71. The molecule has 3 saturated carbocycles. The highest BCUT2D eigenvalue weighted by atomic mass is 32.2. The minimum absolute atomic E-state index is 0.0270. The number of carbonyl (C=O) groups is 3. The quantitative estimate of drug-likeness (QED) is 0.0774. The van der Waals surface area contributed by atoms with Crippen molar-refractivity contribution in [3.63, 3.8) is 0 Å². The van der Waals surface area contributed by atoms with Crippen molar-refractivity contribution >= 4 is 52.4 Å². The Hall–Kier alpha value is -3.77. The van der Waals surface area contributed by atoms with Crippen molar-refractivity contribution < 1.29 is 36.5 Å².